The molecule has 1 aromatic rings. The Kier molecular flexibility index (Phi) is 3.46. The monoisotopic (exact) mass is 235 g/mol. The minimum Gasteiger partial charge on any atom is -0.495 e. The summed E-state index contributed by atoms with van der Waals surface area (Å²) >= 11 is 0. The van der Waals surface area contributed by atoms with Crippen molar-refractivity contribution < 1.29 is 21.8 Å². The fourth-order valence-corrected chi connectivity index (χ4v) is 1.65. The van der Waals surface area contributed by atoms with Gasteiger partial charge in [0.1, 0.15) is 11.5 Å². The number of rotatable bonds is 4. The Morgan fingerprint density at radius 2 is 2.07 bits per heavy atom. The number of methoxy groups -OCH3 is 2. The first kappa shape index (κ1) is 11.7. The molecule has 0 bridgehead atoms. The second-order valence-corrected chi connectivity index (χ2v) is 4.09. The van der Waals surface area contributed by atoms with Gasteiger partial charge in [-0.3, -0.25) is 0 Å². The van der Waals surface area contributed by atoms with Crippen LogP contribution in [0, 0.1) is 0 Å². The molecule has 1 heterocycles. The summed E-state index contributed by atoms with van der Waals surface area (Å²) in [6, 6.07) is 1.32. The SMILES string of the molecule is COc1cc(CS(=O)(=O)F)c(OC)cn1. The largest absolute Gasteiger partial charge is 0.495 e. The van der Waals surface area contributed by atoms with Crippen molar-refractivity contribution in [3.05, 3.63) is 17.8 Å². The van der Waals surface area contributed by atoms with E-state index in [2.05, 4.69) is 4.98 Å². The molecule has 0 aliphatic carbocycles. The van der Waals surface area contributed by atoms with Gasteiger partial charge in [0, 0.05) is 11.6 Å². The number of aromatic nitrogens is 1. The van der Waals surface area contributed by atoms with Crippen molar-refractivity contribution >= 4 is 10.2 Å². The van der Waals surface area contributed by atoms with E-state index in [1.54, 1.807) is 0 Å². The molecule has 15 heavy (non-hydrogen) atoms. The second-order valence-electron chi connectivity index (χ2n) is 2.72. The first-order valence-electron chi connectivity index (χ1n) is 3.95. The van der Waals surface area contributed by atoms with E-state index in [0.29, 0.717) is 0 Å². The highest BCUT2D eigenvalue weighted by Gasteiger charge is 2.14. The summed E-state index contributed by atoms with van der Waals surface area (Å²) < 4.78 is 43.1. The number of nitrogens with zero attached hydrogens (tertiary/aromatic N) is 1. The van der Waals surface area contributed by atoms with Crippen LogP contribution in [0.3, 0.4) is 0 Å². The van der Waals surface area contributed by atoms with E-state index < -0.39 is 16.0 Å². The van der Waals surface area contributed by atoms with Crippen molar-refractivity contribution in [1.82, 2.24) is 4.98 Å². The number of hydrogen-bond acceptors (Lipinski definition) is 5. The molecule has 0 aromatic carbocycles. The normalized spacial score (nSPS) is 11.1. The Labute approximate surface area is 87.1 Å². The highest BCUT2D eigenvalue weighted by molar-refractivity contribution is 7.85. The van der Waals surface area contributed by atoms with E-state index in [9.17, 15) is 12.3 Å². The Morgan fingerprint density at radius 3 is 2.53 bits per heavy atom. The molecule has 0 saturated carbocycles. The number of ether oxygens (including phenoxy) is 2. The molecule has 1 aromatic heterocycles. The first-order chi connectivity index (χ1) is 6.96. The van der Waals surface area contributed by atoms with Gasteiger partial charge in [0.15, 0.2) is 0 Å². The first-order valence-corrected chi connectivity index (χ1v) is 5.51. The summed E-state index contributed by atoms with van der Waals surface area (Å²) in [4.78, 5) is 3.79. The van der Waals surface area contributed by atoms with Crippen molar-refractivity contribution in [1.29, 1.82) is 0 Å². The molecule has 1 rings (SSSR count). The molecule has 0 spiro atoms. The van der Waals surface area contributed by atoms with Crippen LogP contribution in [0.25, 0.3) is 0 Å². The van der Waals surface area contributed by atoms with Gasteiger partial charge in [-0.2, -0.15) is 8.42 Å². The van der Waals surface area contributed by atoms with Crippen LogP contribution < -0.4 is 9.47 Å². The molecule has 0 aliphatic heterocycles. The standard InChI is InChI=1S/C8H10FNO4S/c1-13-7-4-10-8(14-2)3-6(7)5-15(9,11)12/h3-4H,5H2,1-2H3. The Balaban J connectivity index is 3.12. The maximum Gasteiger partial charge on any atom is 0.306 e. The van der Waals surface area contributed by atoms with Crippen molar-refractivity contribution in [2.75, 3.05) is 14.2 Å². The molecule has 0 unspecified atom stereocenters. The van der Waals surface area contributed by atoms with E-state index in [1.165, 1.54) is 26.5 Å². The van der Waals surface area contributed by atoms with Gasteiger partial charge < -0.3 is 9.47 Å². The van der Waals surface area contributed by atoms with Gasteiger partial charge in [-0.15, -0.1) is 3.89 Å². The fourth-order valence-electron chi connectivity index (χ4n) is 1.06. The maximum atomic E-state index is 12.5. The molecule has 0 N–H and O–H groups in total. The Morgan fingerprint density at radius 1 is 1.40 bits per heavy atom. The quantitative estimate of drug-likeness (QED) is 0.725. The third-order valence-electron chi connectivity index (χ3n) is 1.68. The molecule has 0 radical (unpaired) electrons. The predicted molar refractivity (Wildman–Crippen MR) is 51.1 cm³/mol. The van der Waals surface area contributed by atoms with Gasteiger partial charge in [-0.25, -0.2) is 4.98 Å². The van der Waals surface area contributed by atoms with Gasteiger partial charge in [-0.05, 0) is 0 Å². The zero-order valence-corrected chi connectivity index (χ0v) is 9.04. The van der Waals surface area contributed by atoms with Crippen LogP contribution in [-0.2, 0) is 16.0 Å². The van der Waals surface area contributed by atoms with Crippen molar-refractivity contribution in [3.63, 3.8) is 0 Å². The summed E-state index contributed by atoms with van der Waals surface area (Å²) in [6.45, 7) is 0. The molecular formula is C8H10FNO4S. The fraction of sp³-hybridized carbons (Fsp3) is 0.375. The molecule has 7 heteroatoms. The summed E-state index contributed by atoms with van der Waals surface area (Å²) in [5.74, 6) is -0.346. The van der Waals surface area contributed by atoms with Gasteiger partial charge >= 0.3 is 10.2 Å². The summed E-state index contributed by atoms with van der Waals surface area (Å²) in [6.07, 6.45) is 1.28. The minimum atomic E-state index is -4.60. The van der Waals surface area contributed by atoms with Crippen LogP contribution >= 0.6 is 0 Å². The lowest BCUT2D eigenvalue weighted by molar-refractivity contribution is 0.385. The van der Waals surface area contributed by atoms with Crippen molar-refractivity contribution in [3.8, 4) is 11.6 Å². The van der Waals surface area contributed by atoms with Crippen LogP contribution in [-0.4, -0.2) is 27.6 Å². The second kappa shape index (κ2) is 4.43. The van der Waals surface area contributed by atoms with E-state index in [4.69, 9.17) is 9.47 Å². The van der Waals surface area contributed by atoms with Crippen LogP contribution in [0.15, 0.2) is 12.3 Å². The average molecular weight is 235 g/mol. The molecule has 5 nitrogen and oxygen atoms in total. The molecule has 0 amide bonds. The van der Waals surface area contributed by atoms with E-state index in [1.807, 2.05) is 0 Å². The number of hydrogen-bond donors (Lipinski definition) is 0. The highest BCUT2D eigenvalue weighted by atomic mass is 32.3. The van der Waals surface area contributed by atoms with Crippen molar-refractivity contribution in [2.24, 2.45) is 0 Å². The molecule has 0 saturated heterocycles. The predicted octanol–water partition coefficient (Wildman–Crippen LogP) is 0.898. The van der Waals surface area contributed by atoms with Gasteiger partial charge in [0.25, 0.3) is 0 Å². The van der Waals surface area contributed by atoms with Gasteiger partial charge in [0.05, 0.1) is 20.4 Å². The lowest BCUT2D eigenvalue weighted by Crippen LogP contribution is -2.01. The molecule has 84 valence electrons. The zero-order valence-electron chi connectivity index (χ0n) is 8.23. The third-order valence-corrected chi connectivity index (χ3v) is 2.34. The zero-order chi connectivity index (χ0) is 11.5. The van der Waals surface area contributed by atoms with Gasteiger partial charge in [0.2, 0.25) is 5.88 Å². The van der Waals surface area contributed by atoms with Crippen LogP contribution in [0.4, 0.5) is 3.89 Å². The molecule has 0 fully saturated rings. The topological polar surface area (TPSA) is 65.5 Å². The van der Waals surface area contributed by atoms with E-state index in [-0.39, 0.29) is 17.2 Å². The molecular weight excluding hydrogens is 225 g/mol. The average Bonchev–Trinajstić information content (AvgIpc) is 2.15. The Hall–Kier alpha value is -1.37. The lowest BCUT2D eigenvalue weighted by atomic mass is 10.3. The lowest BCUT2D eigenvalue weighted by Gasteiger charge is -2.07. The van der Waals surface area contributed by atoms with E-state index >= 15 is 0 Å². The van der Waals surface area contributed by atoms with Gasteiger partial charge in [-0.1, -0.05) is 0 Å². The third kappa shape index (κ3) is 3.35. The summed E-state index contributed by atoms with van der Waals surface area (Å²) in [5.41, 5.74) is 0.173. The molecule has 0 atom stereocenters. The summed E-state index contributed by atoms with van der Waals surface area (Å²) in [5, 5.41) is 0. The van der Waals surface area contributed by atoms with Crippen LogP contribution in [0.5, 0.6) is 11.6 Å². The van der Waals surface area contributed by atoms with Crippen LogP contribution in [0.2, 0.25) is 0 Å². The van der Waals surface area contributed by atoms with Crippen LogP contribution in [0.1, 0.15) is 5.56 Å². The number of pyridine rings is 1. The Bertz CT molecular complexity index is 446. The minimum absolute atomic E-state index is 0.173. The van der Waals surface area contributed by atoms with Crippen molar-refractivity contribution in [2.45, 2.75) is 5.75 Å². The van der Waals surface area contributed by atoms with E-state index in [0.717, 1.165) is 0 Å². The highest BCUT2D eigenvalue weighted by Crippen LogP contribution is 2.23. The molecule has 0 aliphatic rings. The smallest absolute Gasteiger partial charge is 0.306 e. The number of halogens is 1. The summed E-state index contributed by atoms with van der Waals surface area (Å²) in [7, 11) is -1.88. The maximum absolute atomic E-state index is 12.5.